The van der Waals surface area contributed by atoms with Gasteiger partial charge in [-0.2, -0.15) is 14.9 Å². The van der Waals surface area contributed by atoms with Gasteiger partial charge in [0.1, 0.15) is 11.5 Å². The number of halogens is 1. The van der Waals surface area contributed by atoms with Crippen molar-refractivity contribution in [2.45, 2.75) is 0 Å². The monoisotopic (exact) mass is 374 g/mol. The third-order valence-electron chi connectivity index (χ3n) is 3.43. The molecule has 0 fully saturated rings. The second-order valence-corrected chi connectivity index (χ2v) is 5.89. The lowest BCUT2D eigenvalue weighted by molar-refractivity contribution is 0.394. The highest BCUT2D eigenvalue weighted by Gasteiger charge is 2.08. The number of hydrogen-bond acceptors (Lipinski definition) is 5. The number of nitrogens with zero attached hydrogens (tertiary/aromatic N) is 3. The van der Waals surface area contributed by atoms with Gasteiger partial charge in [-0.15, -0.1) is 0 Å². The van der Waals surface area contributed by atoms with Crippen LogP contribution in [0.25, 0.3) is 11.4 Å². The molecule has 25 heavy (non-hydrogen) atoms. The molecule has 0 atom stereocenters. The van der Waals surface area contributed by atoms with Gasteiger partial charge in [-0.25, -0.2) is 5.10 Å². The van der Waals surface area contributed by atoms with Gasteiger partial charge < -0.3 is 9.47 Å². The average Bonchev–Trinajstić information content (AvgIpc) is 3.00. The maximum absolute atomic E-state index is 6.05. The van der Waals surface area contributed by atoms with Crippen LogP contribution in [0.15, 0.2) is 47.6 Å². The van der Waals surface area contributed by atoms with Crippen LogP contribution in [0.4, 0.5) is 0 Å². The van der Waals surface area contributed by atoms with Crippen LogP contribution >= 0.6 is 23.8 Å². The number of ether oxygens (including phenoxy) is 2. The van der Waals surface area contributed by atoms with E-state index in [-0.39, 0.29) is 0 Å². The van der Waals surface area contributed by atoms with E-state index in [1.165, 1.54) is 4.68 Å². The lowest BCUT2D eigenvalue weighted by Crippen LogP contribution is -1.96. The Kier molecular flexibility index (Phi) is 5.16. The van der Waals surface area contributed by atoms with Crippen molar-refractivity contribution in [1.29, 1.82) is 0 Å². The number of H-pyrrole nitrogens is 1. The van der Waals surface area contributed by atoms with Crippen molar-refractivity contribution in [3.05, 3.63) is 57.8 Å². The van der Waals surface area contributed by atoms with Gasteiger partial charge in [0.2, 0.25) is 4.77 Å². The molecule has 0 aliphatic rings. The third kappa shape index (κ3) is 3.89. The maximum Gasteiger partial charge on any atom is 0.216 e. The van der Waals surface area contributed by atoms with Crippen LogP contribution in [0.5, 0.6) is 11.5 Å². The standard InChI is InChI=1S/C17H15ClN4O2S/c1-23-14-6-11(7-15(9-14)24-2)10-19-22-16(20-21-17(22)25)12-4-3-5-13(18)8-12/h3-10H,1-2H3,(H,21,25)/b19-10-. The Morgan fingerprint density at radius 2 is 1.88 bits per heavy atom. The Labute approximate surface area is 154 Å². The van der Waals surface area contributed by atoms with Crippen molar-refractivity contribution in [3.63, 3.8) is 0 Å². The SMILES string of the molecule is COc1cc(/C=N\n2c(-c3cccc(Cl)c3)n[nH]c2=S)cc(OC)c1. The van der Waals surface area contributed by atoms with E-state index in [9.17, 15) is 0 Å². The zero-order valence-corrected chi connectivity index (χ0v) is 15.1. The summed E-state index contributed by atoms with van der Waals surface area (Å²) >= 11 is 11.3. The molecular formula is C17H15ClN4O2S. The van der Waals surface area contributed by atoms with E-state index in [4.69, 9.17) is 33.3 Å². The molecule has 1 heterocycles. The fraction of sp³-hybridized carbons (Fsp3) is 0.118. The quantitative estimate of drug-likeness (QED) is 0.538. The number of aromatic amines is 1. The highest BCUT2D eigenvalue weighted by molar-refractivity contribution is 7.71. The molecule has 6 nitrogen and oxygen atoms in total. The van der Waals surface area contributed by atoms with E-state index in [1.54, 1.807) is 38.6 Å². The van der Waals surface area contributed by atoms with Crippen molar-refractivity contribution in [2.75, 3.05) is 14.2 Å². The van der Waals surface area contributed by atoms with Gasteiger partial charge in [0, 0.05) is 22.2 Å². The van der Waals surface area contributed by atoms with Crippen molar-refractivity contribution >= 4 is 30.0 Å². The minimum absolute atomic E-state index is 0.376. The number of hydrogen-bond donors (Lipinski definition) is 1. The molecule has 1 aromatic heterocycles. The Morgan fingerprint density at radius 3 is 2.52 bits per heavy atom. The Hall–Kier alpha value is -2.64. The van der Waals surface area contributed by atoms with Crippen molar-refractivity contribution in [1.82, 2.24) is 14.9 Å². The highest BCUT2D eigenvalue weighted by Crippen LogP contribution is 2.23. The number of rotatable bonds is 5. The maximum atomic E-state index is 6.05. The number of methoxy groups -OCH3 is 2. The summed E-state index contributed by atoms with van der Waals surface area (Å²) in [6.07, 6.45) is 1.66. The predicted octanol–water partition coefficient (Wildman–Crippen LogP) is 4.16. The van der Waals surface area contributed by atoms with E-state index in [1.807, 2.05) is 24.3 Å². The minimum Gasteiger partial charge on any atom is -0.497 e. The molecule has 0 amide bonds. The van der Waals surface area contributed by atoms with Gasteiger partial charge in [-0.3, -0.25) is 0 Å². The lowest BCUT2D eigenvalue weighted by atomic mass is 10.2. The second-order valence-electron chi connectivity index (χ2n) is 5.07. The summed E-state index contributed by atoms with van der Waals surface area (Å²) in [6.45, 7) is 0. The molecule has 0 spiro atoms. The Bertz CT molecular complexity index is 959. The molecule has 3 aromatic rings. The molecule has 0 bridgehead atoms. The molecule has 0 unspecified atom stereocenters. The van der Waals surface area contributed by atoms with Crippen molar-refractivity contribution in [2.24, 2.45) is 5.10 Å². The normalized spacial score (nSPS) is 11.0. The van der Waals surface area contributed by atoms with Gasteiger partial charge in [0.15, 0.2) is 5.82 Å². The number of aromatic nitrogens is 3. The molecule has 3 rings (SSSR count). The van der Waals surface area contributed by atoms with Crippen LogP contribution in [0.3, 0.4) is 0 Å². The summed E-state index contributed by atoms with van der Waals surface area (Å²) in [5, 5.41) is 12.0. The third-order valence-corrected chi connectivity index (χ3v) is 3.93. The van der Waals surface area contributed by atoms with E-state index in [0.29, 0.717) is 27.1 Å². The van der Waals surface area contributed by atoms with Crippen LogP contribution in [0.2, 0.25) is 5.02 Å². The minimum atomic E-state index is 0.376. The lowest BCUT2D eigenvalue weighted by Gasteiger charge is -2.06. The van der Waals surface area contributed by atoms with Crippen LogP contribution < -0.4 is 9.47 Å². The molecule has 128 valence electrons. The first kappa shape index (κ1) is 17.2. The summed E-state index contributed by atoms with van der Waals surface area (Å²) in [5.74, 6) is 1.91. The zero-order valence-electron chi connectivity index (χ0n) is 13.6. The van der Waals surface area contributed by atoms with E-state index >= 15 is 0 Å². The molecule has 0 aliphatic heterocycles. The van der Waals surface area contributed by atoms with E-state index in [2.05, 4.69) is 15.3 Å². The molecule has 0 aliphatic carbocycles. The van der Waals surface area contributed by atoms with Gasteiger partial charge in [0.05, 0.1) is 20.4 Å². The summed E-state index contributed by atoms with van der Waals surface area (Å²) in [7, 11) is 3.19. The first-order valence-electron chi connectivity index (χ1n) is 7.31. The van der Waals surface area contributed by atoms with Crippen molar-refractivity contribution in [3.8, 4) is 22.9 Å². The summed E-state index contributed by atoms with van der Waals surface area (Å²) in [4.78, 5) is 0. The smallest absolute Gasteiger partial charge is 0.216 e. The van der Waals surface area contributed by atoms with Gasteiger partial charge >= 0.3 is 0 Å². The van der Waals surface area contributed by atoms with Crippen LogP contribution in [0.1, 0.15) is 5.56 Å². The summed E-state index contributed by atoms with van der Waals surface area (Å²) in [6, 6.07) is 12.8. The number of nitrogens with one attached hydrogen (secondary N) is 1. The molecule has 0 saturated heterocycles. The largest absolute Gasteiger partial charge is 0.497 e. The molecule has 1 N–H and O–H groups in total. The fourth-order valence-corrected chi connectivity index (χ4v) is 2.61. The number of benzene rings is 2. The highest BCUT2D eigenvalue weighted by atomic mass is 35.5. The Balaban J connectivity index is 2.00. The predicted molar refractivity (Wildman–Crippen MR) is 100 cm³/mol. The van der Waals surface area contributed by atoms with Gasteiger partial charge in [0.25, 0.3) is 0 Å². The van der Waals surface area contributed by atoms with Gasteiger partial charge in [-0.1, -0.05) is 23.7 Å². The van der Waals surface area contributed by atoms with Crippen molar-refractivity contribution < 1.29 is 9.47 Å². The molecule has 8 heteroatoms. The van der Waals surface area contributed by atoms with Crippen LogP contribution in [-0.4, -0.2) is 35.3 Å². The van der Waals surface area contributed by atoms with E-state index in [0.717, 1.165) is 11.1 Å². The molecule has 0 radical (unpaired) electrons. The van der Waals surface area contributed by atoms with Crippen LogP contribution in [0, 0.1) is 4.77 Å². The van der Waals surface area contributed by atoms with E-state index < -0.39 is 0 Å². The summed E-state index contributed by atoms with van der Waals surface area (Å²) in [5.41, 5.74) is 1.61. The molecule has 0 saturated carbocycles. The second kappa shape index (κ2) is 7.50. The molecule has 2 aromatic carbocycles. The summed E-state index contributed by atoms with van der Waals surface area (Å²) < 4.78 is 12.4. The first-order valence-corrected chi connectivity index (χ1v) is 8.10. The first-order chi connectivity index (χ1) is 12.1. The Morgan fingerprint density at radius 1 is 1.16 bits per heavy atom. The molecular weight excluding hydrogens is 360 g/mol. The van der Waals surface area contributed by atoms with Crippen LogP contribution in [-0.2, 0) is 0 Å². The average molecular weight is 375 g/mol. The van der Waals surface area contributed by atoms with Gasteiger partial charge in [-0.05, 0) is 36.5 Å². The zero-order chi connectivity index (χ0) is 17.8. The topological polar surface area (TPSA) is 64.4 Å². The fourth-order valence-electron chi connectivity index (χ4n) is 2.24.